The Morgan fingerprint density at radius 2 is 2.00 bits per heavy atom. The van der Waals surface area contributed by atoms with E-state index in [2.05, 4.69) is 40.3 Å². The van der Waals surface area contributed by atoms with Gasteiger partial charge in [-0.05, 0) is 50.4 Å². The molecule has 0 bridgehead atoms. The lowest BCUT2D eigenvalue weighted by molar-refractivity contribution is -0.145. The minimum atomic E-state index is -0.0296. The summed E-state index contributed by atoms with van der Waals surface area (Å²) in [5.74, 6) is 0.556. The number of hydrogen-bond acceptors (Lipinski definition) is 3. The molecule has 116 valence electrons. The van der Waals surface area contributed by atoms with Gasteiger partial charge < -0.3 is 9.72 Å². The lowest BCUT2D eigenvalue weighted by Gasteiger charge is -2.34. The van der Waals surface area contributed by atoms with E-state index in [0.717, 1.165) is 32.4 Å². The minimum Gasteiger partial charge on any atom is -0.461 e. The van der Waals surface area contributed by atoms with Crippen molar-refractivity contribution in [1.82, 2.24) is 9.88 Å². The molecule has 0 spiro atoms. The summed E-state index contributed by atoms with van der Waals surface area (Å²) in [6.07, 6.45) is 5.30. The third kappa shape index (κ3) is 2.31. The van der Waals surface area contributed by atoms with E-state index in [1.807, 2.05) is 6.92 Å². The Morgan fingerprint density at radius 1 is 1.23 bits per heavy atom. The van der Waals surface area contributed by atoms with Gasteiger partial charge in [0.25, 0.3) is 0 Å². The quantitative estimate of drug-likeness (QED) is 0.867. The van der Waals surface area contributed by atoms with Crippen molar-refractivity contribution in [1.29, 1.82) is 0 Å². The summed E-state index contributed by atoms with van der Waals surface area (Å²) in [5.41, 5.74) is 2.64. The highest BCUT2D eigenvalue weighted by Gasteiger charge is 2.38. The largest absolute Gasteiger partial charge is 0.461 e. The number of carbonyl (C=O) groups excluding carboxylic acids is 1. The molecule has 4 heteroatoms. The van der Waals surface area contributed by atoms with Crippen LogP contribution in [0, 0.1) is 0 Å². The fourth-order valence-corrected chi connectivity index (χ4v) is 3.99. The molecule has 0 aliphatic carbocycles. The van der Waals surface area contributed by atoms with Crippen molar-refractivity contribution in [3.63, 3.8) is 0 Å². The van der Waals surface area contributed by atoms with Crippen LogP contribution in [-0.4, -0.2) is 41.1 Å². The Morgan fingerprint density at radius 3 is 2.73 bits per heavy atom. The van der Waals surface area contributed by atoms with Crippen molar-refractivity contribution in [3.8, 4) is 0 Å². The number of nitrogens with one attached hydrogen (secondary N) is 1. The van der Waals surface area contributed by atoms with Gasteiger partial charge in [-0.15, -0.1) is 0 Å². The van der Waals surface area contributed by atoms with E-state index in [-0.39, 0.29) is 18.1 Å². The van der Waals surface area contributed by atoms with E-state index in [1.54, 1.807) is 0 Å². The number of aromatic nitrogens is 1. The molecule has 3 heterocycles. The Bertz CT molecular complexity index is 685. The molecule has 0 amide bonds. The van der Waals surface area contributed by atoms with Crippen molar-refractivity contribution in [3.05, 3.63) is 36.0 Å². The first-order chi connectivity index (χ1) is 10.7. The highest BCUT2D eigenvalue weighted by Crippen LogP contribution is 2.34. The first-order valence-electron chi connectivity index (χ1n) is 8.23. The molecule has 2 aliphatic rings. The average molecular weight is 298 g/mol. The molecule has 0 unspecified atom stereocenters. The van der Waals surface area contributed by atoms with Crippen LogP contribution in [0.15, 0.2) is 30.5 Å². The molecule has 4 nitrogen and oxygen atoms in total. The molecule has 1 aromatic heterocycles. The zero-order valence-electron chi connectivity index (χ0n) is 12.9. The number of esters is 1. The van der Waals surface area contributed by atoms with E-state index in [9.17, 15) is 4.79 Å². The third-order valence-electron chi connectivity index (χ3n) is 5.18. The van der Waals surface area contributed by atoms with Gasteiger partial charge in [-0.3, -0.25) is 9.69 Å². The van der Waals surface area contributed by atoms with E-state index in [1.165, 1.54) is 16.5 Å². The van der Waals surface area contributed by atoms with E-state index >= 15 is 0 Å². The van der Waals surface area contributed by atoms with Crippen LogP contribution in [0.1, 0.15) is 37.7 Å². The van der Waals surface area contributed by atoms with Gasteiger partial charge in [-0.25, -0.2) is 0 Å². The number of rotatable bonds is 2. The van der Waals surface area contributed by atoms with E-state index < -0.39 is 0 Å². The summed E-state index contributed by atoms with van der Waals surface area (Å²) < 4.78 is 5.30. The molecule has 0 saturated carbocycles. The number of likely N-dealkylation sites (tertiary alicyclic amines) is 1. The van der Waals surface area contributed by atoms with E-state index in [0.29, 0.717) is 5.92 Å². The van der Waals surface area contributed by atoms with Gasteiger partial charge in [0.2, 0.25) is 0 Å². The molecule has 4 rings (SSSR count). The number of hydrogen-bond donors (Lipinski definition) is 1. The fraction of sp³-hybridized carbons (Fsp3) is 0.500. The molecule has 1 N–H and O–H groups in total. The molecule has 1 aromatic carbocycles. The van der Waals surface area contributed by atoms with Gasteiger partial charge in [-0.2, -0.15) is 0 Å². The first-order valence-corrected chi connectivity index (χ1v) is 8.23. The average Bonchev–Trinajstić information content (AvgIpc) is 3.10. The summed E-state index contributed by atoms with van der Waals surface area (Å²) in [4.78, 5) is 17.6. The predicted octanol–water partition coefficient (Wildman–Crippen LogP) is 3.05. The van der Waals surface area contributed by atoms with Gasteiger partial charge in [-0.1, -0.05) is 18.2 Å². The van der Waals surface area contributed by atoms with E-state index in [4.69, 9.17) is 4.74 Å². The highest BCUT2D eigenvalue weighted by atomic mass is 16.6. The number of H-pyrrole nitrogens is 1. The number of piperidine rings is 1. The summed E-state index contributed by atoms with van der Waals surface area (Å²) in [6.45, 7) is 3.95. The van der Waals surface area contributed by atoms with Crippen molar-refractivity contribution in [2.75, 3.05) is 13.1 Å². The van der Waals surface area contributed by atoms with Crippen LogP contribution in [0.3, 0.4) is 0 Å². The molecular formula is C18H22N2O2. The van der Waals surface area contributed by atoms with Crippen LogP contribution in [-0.2, 0) is 9.53 Å². The topological polar surface area (TPSA) is 45.3 Å². The number of aromatic amines is 1. The van der Waals surface area contributed by atoms with Crippen LogP contribution in [0.25, 0.3) is 10.9 Å². The molecule has 0 radical (unpaired) electrons. The number of benzene rings is 1. The highest BCUT2D eigenvalue weighted by molar-refractivity contribution is 5.83. The van der Waals surface area contributed by atoms with Gasteiger partial charge in [0, 0.05) is 23.5 Å². The maximum absolute atomic E-state index is 11.9. The normalized spacial score (nSPS) is 27.4. The van der Waals surface area contributed by atoms with Crippen LogP contribution in [0.2, 0.25) is 0 Å². The van der Waals surface area contributed by atoms with Crippen LogP contribution in [0.4, 0.5) is 0 Å². The number of para-hydroxylation sites is 1. The second kappa shape index (κ2) is 5.43. The van der Waals surface area contributed by atoms with Gasteiger partial charge >= 0.3 is 5.97 Å². The lowest BCUT2D eigenvalue weighted by atomic mass is 9.88. The number of ether oxygens (including phenoxy) is 1. The number of nitrogens with zero attached hydrogens (tertiary/aromatic N) is 1. The molecule has 2 aromatic rings. The zero-order valence-corrected chi connectivity index (χ0v) is 12.9. The van der Waals surface area contributed by atoms with Crippen LogP contribution in [0.5, 0.6) is 0 Å². The maximum atomic E-state index is 11.9. The molecular weight excluding hydrogens is 276 g/mol. The third-order valence-corrected chi connectivity index (χ3v) is 5.18. The van der Waals surface area contributed by atoms with Gasteiger partial charge in [0.1, 0.15) is 12.1 Å². The van der Waals surface area contributed by atoms with Crippen molar-refractivity contribution in [2.45, 2.75) is 44.2 Å². The molecule has 2 atom stereocenters. The molecule has 2 aliphatic heterocycles. The van der Waals surface area contributed by atoms with Crippen LogP contribution < -0.4 is 0 Å². The second-order valence-corrected chi connectivity index (χ2v) is 6.60. The van der Waals surface area contributed by atoms with Gasteiger partial charge in [0.15, 0.2) is 0 Å². The summed E-state index contributed by atoms with van der Waals surface area (Å²) in [5, 5.41) is 1.34. The summed E-state index contributed by atoms with van der Waals surface area (Å²) in [7, 11) is 0. The summed E-state index contributed by atoms with van der Waals surface area (Å²) >= 11 is 0. The lowest BCUT2D eigenvalue weighted by Crippen LogP contribution is -2.43. The standard InChI is InChI=1S/C18H22N2O2/c1-12-10-17(18(21)22-12)20-8-6-13(7-9-20)15-11-19-16-5-3-2-4-14(15)16/h2-5,11-13,17,19H,6-10H2,1H3/t12-,17+/m1/s1. The predicted molar refractivity (Wildman–Crippen MR) is 85.8 cm³/mol. The maximum Gasteiger partial charge on any atom is 0.323 e. The zero-order chi connectivity index (χ0) is 15.1. The minimum absolute atomic E-state index is 0.0149. The van der Waals surface area contributed by atoms with Crippen LogP contribution >= 0.6 is 0 Å². The van der Waals surface area contributed by atoms with Crippen molar-refractivity contribution < 1.29 is 9.53 Å². The SMILES string of the molecule is C[C@@H]1C[C@H](N2CCC(c3c[nH]c4ccccc34)CC2)C(=O)O1. The van der Waals surface area contributed by atoms with Crippen molar-refractivity contribution in [2.24, 2.45) is 0 Å². The first kappa shape index (κ1) is 13.8. The monoisotopic (exact) mass is 298 g/mol. The number of carbonyl (C=O) groups is 1. The summed E-state index contributed by atoms with van der Waals surface area (Å²) in [6, 6.07) is 8.48. The van der Waals surface area contributed by atoms with Gasteiger partial charge in [0.05, 0.1) is 0 Å². The van der Waals surface area contributed by atoms with Crippen molar-refractivity contribution >= 4 is 16.9 Å². The number of cyclic esters (lactones) is 1. The smallest absolute Gasteiger partial charge is 0.323 e. The Labute approximate surface area is 130 Å². The molecule has 2 saturated heterocycles. The number of fused-ring (bicyclic) bond motifs is 1. The molecule has 2 fully saturated rings. The Hall–Kier alpha value is -1.81. The Kier molecular flexibility index (Phi) is 3.41. The molecule has 22 heavy (non-hydrogen) atoms. The Balaban J connectivity index is 1.47. The second-order valence-electron chi connectivity index (χ2n) is 6.60. The fourth-order valence-electron chi connectivity index (χ4n) is 3.99.